The lowest BCUT2D eigenvalue weighted by Crippen LogP contribution is -2.15. The predicted molar refractivity (Wildman–Crippen MR) is 70.2 cm³/mol. The number of nitrogens with two attached hydrogens (primary N) is 1. The third kappa shape index (κ3) is 2.07. The van der Waals surface area contributed by atoms with E-state index in [2.05, 4.69) is 17.1 Å². The van der Waals surface area contributed by atoms with Crippen molar-refractivity contribution in [3.8, 4) is 5.69 Å². The van der Waals surface area contributed by atoms with Crippen LogP contribution in [0.3, 0.4) is 0 Å². The van der Waals surface area contributed by atoms with Gasteiger partial charge in [-0.05, 0) is 30.7 Å². The molecule has 5 nitrogen and oxygen atoms in total. The van der Waals surface area contributed by atoms with E-state index in [1.807, 2.05) is 35.9 Å². The molecule has 0 amide bonds. The third-order valence-electron chi connectivity index (χ3n) is 2.91. The largest absolute Gasteiger partial charge is 0.409 e. The maximum atomic E-state index is 8.70. The first-order valence-corrected chi connectivity index (χ1v) is 5.78. The second-order valence-corrected chi connectivity index (χ2v) is 4.05. The molecule has 0 atom stereocenters. The smallest absolute Gasteiger partial charge is 0.170 e. The summed E-state index contributed by atoms with van der Waals surface area (Å²) in [5.41, 5.74) is 8.32. The van der Waals surface area contributed by atoms with Gasteiger partial charge in [-0.15, -0.1) is 0 Å². The monoisotopic (exact) mass is 244 g/mol. The van der Waals surface area contributed by atoms with E-state index in [1.54, 1.807) is 6.20 Å². The van der Waals surface area contributed by atoms with E-state index in [1.165, 1.54) is 0 Å². The van der Waals surface area contributed by atoms with Gasteiger partial charge in [-0.1, -0.05) is 12.1 Å². The average molecular weight is 244 g/mol. The maximum Gasteiger partial charge on any atom is 0.170 e. The summed E-state index contributed by atoms with van der Waals surface area (Å²) in [6.07, 6.45) is 4.58. The highest BCUT2D eigenvalue weighted by molar-refractivity contribution is 5.98. The van der Waals surface area contributed by atoms with Crippen LogP contribution in [-0.2, 0) is 6.42 Å². The molecular weight excluding hydrogens is 228 g/mol. The van der Waals surface area contributed by atoms with Crippen LogP contribution in [0.1, 0.15) is 23.9 Å². The minimum absolute atomic E-state index is 0.125. The van der Waals surface area contributed by atoms with Crippen LogP contribution in [0.4, 0.5) is 0 Å². The van der Waals surface area contributed by atoms with E-state index in [0.29, 0.717) is 0 Å². The second-order valence-electron chi connectivity index (χ2n) is 4.05. The fourth-order valence-electron chi connectivity index (χ4n) is 1.97. The number of rotatable bonds is 3. The summed E-state index contributed by atoms with van der Waals surface area (Å²) in [4.78, 5) is 4.29. The summed E-state index contributed by atoms with van der Waals surface area (Å²) in [6, 6.07) is 5.77. The number of hydrogen-bond donors (Lipinski definition) is 2. The summed E-state index contributed by atoms with van der Waals surface area (Å²) in [5, 5.41) is 11.7. The number of imidazole rings is 1. The van der Waals surface area contributed by atoms with Gasteiger partial charge in [0.15, 0.2) is 5.84 Å². The minimum atomic E-state index is 0.125. The molecule has 1 aromatic carbocycles. The zero-order valence-electron chi connectivity index (χ0n) is 10.5. The number of amidine groups is 1. The Balaban J connectivity index is 2.47. The highest BCUT2D eigenvalue weighted by Crippen LogP contribution is 2.16. The molecule has 0 saturated heterocycles. The first kappa shape index (κ1) is 12.2. The van der Waals surface area contributed by atoms with Crippen molar-refractivity contribution >= 4 is 5.84 Å². The molecule has 5 heteroatoms. The van der Waals surface area contributed by atoms with E-state index in [0.717, 1.165) is 29.1 Å². The van der Waals surface area contributed by atoms with Gasteiger partial charge in [-0.3, -0.25) is 0 Å². The summed E-state index contributed by atoms with van der Waals surface area (Å²) in [5.74, 6) is 1.13. The lowest BCUT2D eigenvalue weighted by Gasteiger charge is -2.10. The molecule has 0 bridgehead atoms. The van der Waals surface area contributed by atoms with Gasteiger partial charge >= 0.3 is 0 Å². The molecule has 1 heterocycles. The zero-order chi connectivity index (χ0) is 13.1. The maximum absolute atomic E-state index is 8.70. The van der Waals surface area contributed by atoms with Gasteiger partial charge < -0.3 is 15.5 Å². The molecule has 0 unspecified atom stereocenters. The highest BCUT2D eigenvalue weighted by atomic mass is 16.4. The second kappa shape index (κ2) is 4.91. The molecule has 1 aromatic heterocycles. The van der Waals surface area contributed by atoms with Crippen LogP contribution in [0.25, 0.3) is 5.69 Å². The number of hydrogen-bond acceptors (Lipinski definition) is 3. The Morgan fingerprint density at radius 2 is 2.28 bits per heavy atom. The van der Waals surface area contributed by atoms with Crippen LogP contribution in [0.5, 0.6) is 0 Å². The SMILES string of the molecule is CCc1nccn1-c1ccc(/C(N)=N/O)c(C)c1. The van der Waals surface area contributed by atoms with Crippen molar-refractivity contribution in [3.05, 3.63) is 47.5 Å². The lowest BCUT2D eigenvalue weighted by atomic mass is 10.1. The van der Waals surface area contributed by atoms with Crippen molar-refractivity contribution in [1.82, 2.24) is 9.55 Å². The number of nitrogens with zero attached hydrogens (tertiary/aromatic N) is 3. The summed E-state index contributed by atoms with van der Waals surface area (Å²) in [7, 11) is 0. The van der Waals surface area contributed by atoms with Crippen LogP contribution >= 0.6 is 0 Å². The predicted octanol–water partition coefficient (Wildman–Crippen LogP) is 1.84. The third-order valence-corrected chi connectivity index (χ3v) is 2.91. The quantitative estimate of drug-likeness (QED) is 0.374. The van der Waals surface area contributed by atoms with Gasteiger partial charge in [0.05, 0.1) is 0 Å². The van der Waals surface area contributed by atoms with Crippen LogP contribution in [-0.4, -0.2) is 20.6 Å². The van der Waals surface area contributed by atoms with Gasteiger partial charge in [0.1, 0.15) is 5.82 Å². The fraction of sp³-hybridized carbons (Fsp3) is 0.231. The van der Waals surface area contributed by atoms with E-state index in [4.69, 9.17) is 10.9 Å². The molecule has 0 aliphatic heterocycles. The fourth-order valence-corrected chi connectivity index (χ4v) is 1.97. The molecule has 94 valence electrons. The first-order chi connectivity index (χ1) is 8.67. The van der Waals surface area contributed by atoms with Crippen molar-refractivity contribution in [2.45, 2.75) is 20.3 Å². The number of aryl methyl sites for hydroxylation is 2. The molecular formula is C13H16N4O. The molecule has 0 fully saturated rings. The van der Waals surface area contributed by atoms with Gasteiger partial charge in [-0.2, -0.15) is 0 Å². The molecule has 0 aliphatic carbocycles. The van der Waals surface area contributed by atoms with Crippen molar-refractivity contribution in [3.63, 3.8) is 0 Å². The van der Waals surface area contributed by atoms with Crippen LogP contribution in [0.15, 0.2) is 35.7 Å². The van der Waals surface area contributed by atoms with E-state index < -0.39 is 0 Å². The highest BCUT2D eigenvalue weighted by Gasteiger charge is 2.07. The Morgan fingerprint density at radius 1 is 1.50 bits per heavy atom. The van der Waals surface area contributed by atoms with Crippen molar-refractivity contribution < 1.29 is 5.21 Å². The lowest BCUT2D eigenvalue weighted by molar-refractivity contribution is 0.318. The molecule has 0 radical (unpaired) electrons. The van der Waals surface area contributed by atoms with Gasteiger partial charge in [-0.25, -0.2) is 4.98 Å². The molecule has 0 aliphatic rings. The van der Waals surface area contributed by atoms with Crippen molar-refractivity contribution in [2.24, 2.45) is 10.9 Å². The minimum Gasteiger partial charge on any atom is -0.409 e. The van der Waals surface area contributed by atoms with Crippen molar-refractivity contribution in [1.29, 1.82) is 0 Å². The first-order valence-electron chi connectivity index (χ1n) is 5.78. The Hall–Kier alpha value is -2.30. The van der Waals surface area contributed by atoms with Gasteiger partial charge in [0.25, 0.3) is 0 Å². The number of benzene rings is 1. The summed E-state index contributed by atoms with van der Waals surface area (Å²) in [6.45, 7) is 4.00. The van der Waals surface area contributed by atoms with E-state index in [9.17, 15) is 0 Å². The number of oxime groups is 1. The average Bonchev–Trinajstić information content (AvgIpc) is 2.86. The molecule has 0 spiro atoms. The molecule has 3 N–H and O–H groups in total. The van der Waals surface area contributed by atoms with Gasteiger partial charge in [0, 0.05) is 30.1 Å². The molecule has 18 heavy (non-hydrogen) atoms. The van der Waals surface area contributed by atoms with E-state index >= 15 is 0 Å². The van der Waals surface area contributed by atoms with E-state index in [-0.39, 0.29) is 5.84 Å². The van der Waals surface area contributed by atoms with Gasteiger partial charge in [0.2, 0.25) is 0 Å². The molecule has 2 rings (SSSR count). The normalized spacial score (nSPS) is 11.8. The standard InChI is InChI=1S/C13H16N4O/c1-3-12-15-6-7-17(12)10-4-5-11(9(2)8-10)13(14)16-18/h4-8,18H,3H2,1-2H3,(H2,14,16). The molecule has 2 aromatic rings. The zero-order valence-corrected chi connectivity index (χ0v) is 10.5. The number of aromatic nitrogens is 2. The molecule has 0 saturated carbocycles. The topological polar surface area (TPSA) is 76.4 Å². The Labute approximate surface area is 106 Å². The van der Waals surface area contributed by atoms with Crippen molar-refractivity contribution in [2.75, 3.05) is 0 Å². The Bertz CT molecular complexity index is 586. The van der Waals surface area contributed by atoms with Crippen LogP contribution in [0.2, 0.25) is 0 Å². The van der Waals surface area contributed by atoms with Crippen LogP contribution in [0, 0.1) is 6.92 Å². The Kier molecular flexibility index (Phi) is 3.32. The Morgan fingerprint density at radius 3 is 2.89 bits per heavy atom. The summed E-state index contributed by atoms with van der Waals surface area (Å²) >= 11 is 0. The van der Waals surface area contributed by atoms with Crippen LogP contribution < -0.4 is 5.73 Å². The summed E-state index contributed by atoms with van der Waals surface area (Å²) < 4.78 is 2.03.